The summed E-state index contributed by atoms with van der Waals surface area (Å²) in [4.78, 5) is -0.0870. The van der Waals surface area contributed by atoms with Crippen molar-refractivity contribution >= 4 is 25.5 Å². The molecule has 0 amide bonds. The zero-order chi connectivity index (χ0) is 15.6. The van der Waals surface area contributed by atoms with E-state index in [2.05, 4.69) is 0 Å². The molecule has 0 saturated carbocycles. The SMILES string of the molecule is COc1ccc(N)cc1S(=O)(=O)N(C)CCS(C)(=O)=O. The van der Waals surface area contributed by atoms with Crippen molar-refractivity contribution in [1.29, 1.82) is 0 Å². The van der Waals surface area contributed by atoms with Gasteiger partial charge < -0.3 is 10.5 Å². The Balaban J connectivity index is 3.13. The maximum Gasteiger partial charge on any atom is 0.246 e. The molecule has 0 bridgehead atoms. The Morgan fingerprint density at radius 3 is 2.35 bits per heavy atom. The van der Waals surface area contributed by atoms with Gasteiger partial charge in [-0.2, -0.15) is 4.31 Å². The highest BCUT2D eigenvalue weighted by molar-refractivity contribution is 7.91. The molecule has 0 heterocycles. The fraction of sp³-hybridized carbons (Fsp3) is 0.455. The molecule has 2 N–H and O–H groups in total. The number of methoxy groups -OCH3 is 1. The third-order valence-electron chi connectivity index (χ3n) is 2.65. The van der Waals surface area contributed by atoms with Gasteiger partial charge in [-0.15, -0.1) is 0 Å². The number of ether oxygens (including phenoxy) is 1. The van der Waals surface area contributed by atoms with E-state index in [-0.39, 0.29) is 28.6 Å². The predicted octanol–water partition coefficient (Wildman–Crippen LogP) is -0.0575. The lowest BCUT2D eigenvalue weighted by Gasteiger charge is -2.18. The van der Waals surface area contributed by atoms with Crippen molar-refractivity contribution in [2.75, 3.05) is 38.4 Å². The maximum atomic E-state index is 12.4. The summed E-state index contributed by atoms with van der Waals surface area (Å²) in [7, 11) is -4.45. The van der Waals surface area contributed by atoms with Crippen LogP contribution in [0.1, 0.15) is 0 Å². The standard InChI is InChI=1S/C11H18N2O5S2/c1-13(6-7-19(3,14)15)20(16,17)11-8-9(12)4-5-10(11)18-2/h4-5,8H,6-7,12H2,1-3H3. The van der Waals surface area contributed by atoms with Crippen LogP contribution in [0.15, 0.2) is 23.1 Å². The molecule has 1 aromatic carbocycles. The van der Waals surface area contributed by atoms with E-state index in [1.165, 1.54) is 32.4 Å². The third-order valence-corrected chi connectivity index (χ3v) is 5.46. The maximum absolute atomic E-state index is 12.4. The number of sulfone groups is 1. The Kier molecular flexibility index (Phi) is 5.00. The van der Waals surface area contributed by atoms with Gasteiger partial charge in [-0.05, 0) is 18.2 Å². The molecule has 0 atom stereocenters. The van der Waals surface area contributed by atoms with Crippen LogP contribution >= 0.6 is 0 Å². The fourth-order valence-corrected chi connectivity index (χ4v) is 3.56. The first-order valence-corrected chi connectivity index (χ1v) is 9.15. The highest BCUT2D eigenvalue weighted by atomic mass is 32.2. The molecule has 9 heteroatoms. The van der Waals surface area contributed by atoms with E-state index in [1.54, 1.807) is 0 Å². The second-order valence-electron chi connectivity index (χ2n) is 4.37. The topological polar surface area (TPSA) is 107 Å². The number of nitrogens with zero attached hydrogens (tertiary/aromatic N) is 1. The van der Waals surface area contributed by atoms with E-state index < -0.39 is 19.9 Å². The fourth-order valence-electron chi connectivity index (χ4n) is 1.48. The lowest BCUT2D eigenvalue weighted by Crippen LogP contribution is -2.31. The largest absolute Gasteiger partial charge is 0.495 e. The minimum atomic E-state index is -3.86. The van der Waals surface area contributed by atoms with Gasteiger partial charge in [-0.3, -0.25) is 0 Å². The van der Waals surface area contributed by atoms with Gasteiger partial charge in [0.05, 0.1) is 12.9 Å². The number of nitrogen functional groups attached to an aromatic ring is 1. The molecule has 0 aliphatic carbocycles. The van der Waals surface area contributed by atoms with Crippen molar-refractivity contribution in [3.8, 4) is 5.75 Å². The van der Waals surface area contributed by atoms with E-state index in [4.69, 9.17) is 10.5 Å². The average Bonchev–Trinajstić information content (AvgIpc) is 2.34. The molecule has 1 aromatic rings. The van der Waals surface area contributed by atoms with Crippen LogP contribution in [0.2, 0.25) is 0 Å². The molecule has 114 valence electrons. The van der Waals surface area contributed by atoms with E-state index >= 15 is 0 Å². The number of benzene rings is 1. The van der Waals surface area contributed by atoms with Gasteiger partial charge in [0.15, 0.2) is 0 Å². The summed E-state index contributed by atoms with van der Waals surface area (Å²) in [5, 5.41) is 0. The van der Waals surface area contributed by atoms with Gasteiger partial charge >= 0.3 is 0 Å². The predicted molar refractivity (Wildman–Crippen MR) is 76.9 cm³/mol. The van der Waals surface area contributed by atoms with Crippen molar-refractivity contribution < 1.29 is 21.6 Å². The van der Waals surface area contributed by atoms with Crippen LogP contribution in [0, 0.1) is 0 Å². The number of hydrogen-bond acceptors (Lipinski definition) is 6. The summed E-state index contributed by atoms with van der Waals surface area (Å²) in [6.07, 6.45) is 1.05. The smallest absolute Gasteiger partial charge is 0.246 e. The molecule has 20 heavy (non-hydrogen) atoms. The van der Waals surface area contributed by atoms with Gasteiger partial charge in [-0.1, -0.05) is 0 Å². The van der Waals surface area contributed by atoms with Gasteiger partial charge in [0.25, 0.3) is 0 Å². The highest BCUT2D eigenvalue weighted by Gasteiger charge is 2.25. The van der Waals surface area contributed by atoms with Crippen molar-refractivity contribution in [2.24, 2.45) is 0 Å². The first-order chi connectivity index (χ1) is 9.08. The van der Waals surface area contributed by atoms with E-state index in [0.717, 1.165) is 10.6 Å². The van der Waals surface area contributed by atoms with Gasteiger partial charge in [0, 0.05) is 25.5 Å². The quantitative estimate of drug-likeness (QED) is 0.736. The molecular formula is C11H18N2O5S2. The molecule has 0 radical (unpaired) electrons. The molecule has 0 unspecified atom stereocenters. The van der Waals surface area contributed by atoms with Crippen molar-refractivity contribution in [3.05, 3.63) is 18.2 Å². The zero-order valence-corrected chi connectivity index (χ0v) is 13.2. The Bertz CT molecular complexity index is 683. The normalized spacial score (nSPS) is 12.6. The van der Waals surface area contributed by atoms with E-state index in [9.17, 15) is 16.8 Å². The first-order valence-electron chi connectivity index (χ1n) is 5.65. The summed E-state index contributed by atoms with van der Waals surface area (Å²) in [6, 6.07) is 4.26. The molecule has 0 spiro atoms. The molecule has 0 aliphatic rings. The van der Waals surface area contributed by atoms with E-state index in [1.807, 2.05) is 0 Å². The Labute approximate surface area is 119 Å². The Morgan fingerprint density at radius 1 is 1.25 bits per heavy atom. The molecule has 7 nitrogen and oxygen atoms in total. The minimum Gasteiger partial charge on any atom is -0.495 e. The van der Waals surface area contributed by atoms with Crippen LogP contribution in [0.25, 0.3) is 0 Å². The van der Waals surface area contributed by atoms with Crippen LogP contribution < -0.4 is 10.5 Å². The molecule has 0 aliphatic heterocycles. The number of rotatable bonds is 6. The van der Waals surface area contributed by atoms with Crippen molar-refractivity contribution in [3.63, 3.8) is 0 Å². The van der Waals surface area contributed by atoms with Gasteiger partial charge in [0.1, 0.15) is 20.5 Å². The van der Waals surface area contributed by atoms with Crippen molar-refractivity contribution in [1.82, 2.24) is 4.31 Å². The summed E-state index contributed by atoms with van der Waals surface area (Å²) < 4.78 is 52.9. The van der Waals surface area contributed by atoms with Crippen LogP contribution in [-0.2, 0) is 19.9 Å². The molecular weight excluding hydrogens is 304 g/mol. The van der Waals surface area contributed by atoms with Gasteiger partial charge in [0.2, 0.25) is 10.0 Å². The second-order valence-corrected chi connectivity index (χ2v) is 8.64. The average molecular weight is 322 g/mol. The second kappa shape index (κ2) is 5.98. The van der Waals surface area contributed by atoms with E-state index in [0.29, 0.717) is 0 Å². The highest BCUT2D eigenvalue weighted by Crippen LogP contribution is 2.28. The minimum absolute atomic E-state index is 0.0870. The first kappa shape index (κ1) is 16.7. The Hall–Kier alpha value is -1.32. The zero-order valence-electron chi connectivity index (χ0n) is 11.5. The van der Waals surface area contributed by atoms with Crippen LogP contribution in [0.3, 0.4) is 0 Å². The summed E-state index contributed by atoms with van der Waals surface area (Å²) in [5.74, 6) is -0.0988. The Morgan fingerprint density at radius 2 is 1.85 bits per heavy atom. The molecule has 0 fully saturated rings. The monoisotopic (exact) mass is 322 g/mol. The summed E-state index contributed by atoms with van der Waals surface area (Å²) in [5.41, 5.74) is 5.87. The van der Waals surface area contributed by atoms with Crippen LogP contribution in [0.4, 0.5) is 5.69 Å². The van der Waals surface area contributed by atoms with Crippen LogP contribution in [-0.4, -0.2) is 53.9 Å². The number of sulfonamides is 1. The van der Waals surface area contributed by atoms with Gasteiger partial charge in [-0.25, -0.2) is 16.8 Å². The third kappa shape index (κ3) is 4.09. The lowest BCUT2D eigenvalue weighted by atomic mass is 10.3. The van der Waals surface area contributed by atoms with Crippen molar-refractivity contribution in [2.45, 2.75) is 4.90 Å². The number of hydrogen-bond donors (Lipinski definition) is 1. The molecule has 1 rings (SSSR count). The molecule has 0 saturated heterocycles. The summed E-state index contributed by atoms with van der Waals surface area (Å²) >= 11 is 0. The number of nitrogens with two attached hydrogens (primary N) is 1. The number of anilines is 1. The van der Waals surface area contributed by atoms with Crippen LogP contribution in [0.5, 0.6) is 5.75 Å². The lowest BCUT2D eigenvalue weighted by molar-refractivity contribution is 0.399. The molecule has 0 aromatic heterocycles. The summed E-state index contributed by atoms with van der Waals surface area (Å²) in [6.45, 7) is -0.140.